The molecule has 3 aromatic rings. The topological polar surface area (TPSA) is 60.2 Å². The highest BCUT2D eigenvalue weighted by Gasteiger charge is 2.32. The number of anilines is 1. The molecule has 1 aromatic heterocycles. The van der Waals surface area contributed by atoms with Gasteiger partial charge in [-0.1, -0.05) is 12.1 Å². The van der Waals surface area contributed by atoms with Crippen molar-refractivity contribution in [1.29, 1.82) is 5.41 Å². The van der Waals surface area contributed by atoms with Crippen LogP contribution in [0, 0.1) is 11.2 Å². The Morgan fingerprint density at radius 1 is 1.03 bits per heavy atom. The fourth-order valence-electron chi connectivity index (χ4n) is 3.00. The summed E-state index contributed by atoms with van der Waals surface area (Å²) < 4.78 is 51.3. The maximum atomic E-state index is 13.1. The lowest BCUT2D eigenvalue weighted by Gasteiger charge is -2.18. The first-order valence-electron chi connectivity index (χ1n) is 8.41. The maximum absolute atomic E-state index is 13.1. The third-order valence-electron chi connectivity index (χ3n) is 4.47. The smallest absolute Gasteiger partial charge is 0.416 e. The van der Waals surface area contributed by atoms with E-state index in [0.29, 0.717) is 22.0 Å². The lowest BCUT2D eigenvalue weighted by Crippen LogP contribution is -2.25. The minimum absolute atomic E-state index is 0.0161. The molecular weight excluding hydrogens is 406 g/mol. The van der Waals surface area contributed by atoms with Gasteiger partial charge in [0.05, 0.1) is 23.4 Å². The predicted molar refractivity (Wildman–Crippen MR) is 104 cm³/mol. The van der Waals surface area contributed by atoms with E-state index in [2.05, 4.69) is 4.98 Å². The van der Waals surface area contributed by atoms with Crippen molar-refractivity contribution in [3.05, 3.63) is 76.1 Å². The van der Waals surface area contributed by atoms with E-state index in [4.69, 9.17) is 5.41 Å². The van der Waals surface area contributed by atoms with Gasteiger partial charge in [-0.05, 0) is 36.4 Å². The Morgan fingerprint density at radius 2 is 1.69 bits per heavy atom. The third kappa shape index (κ3) is 3.61. The minimum Gasteiger partial charge on any atom is -0.510 e. The van der Waals surface area contributed by atoms with Gasteiger partial charge in [0.15, 0.2) is 0 Å². The van der Waals surface area contributed by atoms with Crippen molar-refractivity contribution in [2.75, 3.05) is 11.4 Å². The zero-order valence-electron chi connectivity index (χ0n) is 14.7. The molecule has 0 aliphatic carbocycles. The Balaban J connectivity index is 1.60. The van der Waals surface area contributed by atoms with Gasteiger partial charge < -0.3 is 10.0 Å². The first-order chi connectivity index (χ1) is 13.7. The van der Waals surface area contributed by atoms with E-state index in [9.17, 15) is 22.7 Å². The number of rotatable bonds is 3. The number of thiazole rings is 1. The Morgan fingerprint density at radius 3 is 2.31 bits per heavy atom. The molecule has 0 saturated carbocycles. The van der Waals surface area contributed by atoms with Gasteiger partial charge in [0, 0.05) is 16.6 Å². The zero-order valence-corrected chi connectivity index (χ0v) is 15.5. The summed E-state index contributed by atoms with van der Waals surface area (Å²) >= 11 is 1.18. The molecule has 148 valence electrons. The molecule has 4 rings (SSSR count). The SMILES string of the molecule is N=C1C(c2nc(-c3ccc(C(F)(F)F)cc3)cs2)=C(O)CN1c1ccc(F)cc1. The van der Waals surface area contributed by atoms with Crippen LogP contribution in [0.3, 0.4) is 0 Å². The number of nitrogens with zero attached hydrogens (tertiary/aromatic N) is 2. The van der Waals surface area contributed by atoms with Crippen molar-refractivity contribution in [1.82, 2.24) is 4.98 Å². The van der Waals surface area contributed by atoms with Crippen molar-refractivity contribution >= 4 is 28.4 Å². The van der Waals surface area contributed by atoms with Crippen LogP contribution >= 0.6 is 11.3 Å². The maximum Gasteiger partial charge on any atom is 0.416 e. The molecule has 2 aromatic carbocycles. The quantitative estimate of drug-likeness (QED) is 0.533. The van der Waals surface area contributed by atoms with Crippen molar-refractivity contribution in [2.24, 2.45) is 0 Å². The van der Waals surface area contributed by atoms with Crippen LogP contribution in [0.25, 0.3) is 16.8 Å². The predicted octanol–water partition coefficient (Wildman–Crippen LogP) is 5.73. The average molecular weight is 419 g/mol. The van der Waals surface area contributed by atoms with Gasteiger partial charge in [0.25, 0.3) is 0 Å². The van der Waals surface area contributed by atoms with Crippen LogP contribution in [-0.4, -0.2) is 22.5 Å². The number of aliphatic hydroxyl groups is 1. The lowest BCUT2D eigenvalue weighted by atomic mass is 10.1. The molecule has 0 fully saturated rings. The summed E-state index contributed by atoms with van der Waals surface area (Å²) in [6, 6.07) is 10.2. The van der Waals surface area contributed by atoms with E-state index in [1.165, 1.54) is 52.6 Å². The van der Waals surface area contributed by atoms with Crippen LogP contribution in [0.15, 0.2) is 59.7 Å². The first kappa shape index (κ1) is 19.1. The summed E-state index contributed by atoms with van der Waals surface area (Å²) in [4.78, 5) is 5.91. The summed E-state index contributed by atoms with van der Waals surface area (Å²) in [6.07, 6.45) is -4.41. The van der Waals surface area contributed by atoms with Crippen molar-refractivity contribution < 1.29 is 22.7 Å². The van der Waals surface area contributed by atoms with E-state index in [1.54, 1.807) is 5.38 Å². The summed E-state index contributed by atoms with van der Waals surface area (Å²) in [5.74, 6) is -0.437. The summed E-state index contributed by atoms with van der Waals surface area (Å²) in [5, 5.41) is 20.8. The highest BCUT2D eigenvalue weighted by molar-refractivity contribution is 7.11. The van der Waals surface area contributed by atoms with Crippen LogP contribution in [0.5, 0.6) is 0 Å². The summed E-state index contributed by atoms with van der Waals surface area (Å²) in [6.45, 7) is 0.0506. The molecular formula is C20H13F4N3OS. The van der Waals surface area contributed by atoms with Gasteiger partial charge in [0.1, 0.15) is 22.4 Å². The Bertz CT molecular complexity index is 1100. The molecule has 0 radical (unpaired) electrons. The number of hydrogen-bond acceptors (Lipinski definition) is 4. The molecule has 2 heterocycles. The van der Waals surface area contributed by atoms with Gasteiger partial charge in [-0.2, -0.15) is 13.2 Å². The normalized spacial score (nSPS) is 14.8. The number of aromatic nitrogens is 1. The molecule has 9 heteroatoms. The Hall–Kier alpha value is -3.20. The van der Waals surface area contributed by atoms with Gasteiger partial charge in [-0.15, -0.1) is 11.3 Å². The highest BCUT2D eigenvalue weighted by Crippen LogP contribution is 2.35. The minimum atomic E-state index is -4.41. The fourth-order valence-corrected chi connectivity index (χ4v) is 3.89. The molecule has 1 aliphatic heterocycles. The average Bonchev–Trinajstić information content (AvgIpc) is 3.26. The van der Waals surface area contributed by atoms with Crippen LogP contribution in [0.4, 0.5) is 23.2 Å². The molecule has 0 unspecified atom stereocenters. The van der Waals surface area contributed by atoms with Crippen LogP contribution in [0.1, 0.15) is 10.6 Å². The van der Waals surface area contributed by atoms with Crippen LogP contribution in [-0.2, 0) is 6.18 Å². The van der Waals surface area contributed by atoms with Crippen molar-refractivity contribution in [3.8, 4) is 11.3 Å². The largest absolute Gasteiger partial charge is 0.510 e. The van der Waals surface area contributed by atoms with Gasteiger partial charge in [-0.3, -0.25) is 5.41 Å². The van der Waals surface area contributed by atoms with Crippen LogP contribution in [0.2, 0.25) is 0 Å². The molecule has 4 nitrogen and oxygen atoms in total. The lowest BCUT2D eigenvalue weighted by molar-refractivity contribution is -0.137. The van der Waals surface area contributed by atoms with Crippen molar-refractivity contribution in [3.63, 3.8) is 0 Å². The van der Waals surface area contributed by atoms with E-state index >= 15 is 0 Å². The fraction of sp³-hybridized carbons (Fsp3) is 0.100. The molecule has 2 N–H and O–H groups in total. The van der Waals surface area contributed by atoms with E-state index < -0.39 is 17.6 Å². The highest BCUT2D eigenvalue weighted by atomic mass is 32.1. The number of amidine groups is 1. The molecule has 1 aliphatic rings. The number of halogens is 4. The summed E-state index contributed by atoms with van der Waals surface area (Å²) in [5.41, 5.74) is 1.01. The monoisotopic (exact) mass is 419 g/mol. The molecule has 0 spiro atoms. The standard InChI is InChI=1S/C20H13F4N3OS/c21-13-5-7-14(8-6-13)27-9-16(28)17(18(27)25)19-26-15(10-29-19)11-1-3-12(4-2-11)20(22,23)24/h1-8,10,25,28H,9H2. The second kappa shape index (κ2) is 7.00. The second-order valence-electron chi connectivity index (χ2n) is 6.35. The third-order valence-corrected chi connectivity index (χ3v) is 5.33. The number of aliphatic hydroxyl groups excluding tert-OH is 1. The van der Waals surface area contributed by atoms with Gasteiger partial charge in [0.2, 0.25) is 0 Å². The molecule has 0 bridgehead atoms. The van der Waals surface area contributed by atoms with E-state index in [-0.39, 0.29) is 23.7 Å². The molecule has 0 saturated heterocycles. The molecule has 0 atom stereocenters. The number of hydrogen-bond donors (Lipinski definition) is 2. The second-order valence-corrected chi connectivity index (χ2v) is 7.20. The Kier molecular flexibility index (Phi) is 4.62. The Labute approximate surface area is 166 Å². The van der Waals surface area contributed by atoms with Gasteiger partial charge >= 0.3 is 6.18 Å². The molecule has 29 heavy (non-hydrogen) atoms. The zero-order chi connectivity index (χ0) is 20.8. The van der Waals surface area contributed by atoms with E-state index in [1.807, 2.05) is 0 Å². The van der Waals surface area contributed by atoms with Crippen molar-refractivity contribution in [2.45, 2.75) is 6.18 Å². The number of benzene rings is 2. The first-order valence-corrected chi connectivity index (χ1v) is 9.29. The van der Waals surface area contributed by atoms with E-state index in [0.717, 1.165) is 12.1 Å². The number of alkyl halides is 3. The van der Waals surface area contributed by atoms with Gasteiger partial charge in [-0.25, -0.2) is 9.37 Å². The number of nitrogens with one attached hydrogen (secondary N) is 1. The van der Waals surface area contributed by atoms with Crippen LogP contribution < -0.4 is 4.90 Å². The summed E-state index contributed by atoms with van der Waals surface area (Å²) in [7, 11) is 0. The molecule has 0 amide bonds.